The molecule has 1 aliphatic carbocycles. The van der Waals surface area contributed by atoms with Gasteiger partial charge in [0.2, 0.25) is 16.3 Å². The summed E-state index contributed by atoms with van der Waals surface area (Å²) in [5.74, 6) is 0.485. The fourth-order valence-electron chi connectivity index (χ4n) is 4.61. The van der Waals surface area contributed by atoms with Gasteiger partial charge in [-0.1, -0.05) is 12.8 Å². The van der Waals surface area contributed by atoms with Gasteiger partial charge in [0.05, 0.1) is 25.2 Å². The second-order valence-electron chi connectivity index (χ2n) is 9.11. The minimum Gasteiger partial charge on any atom is -0.497 e. The molecule has 9 nitrogen and oxygen atoms in total. The molecule has 0 bridgehead atoms. The number of benzene rings is 1. The number of sulfonamides is 1. The van der Waals surface area contributed by atoms with Crippen LogP contribution in [-0.4, -0.2) is 69.5 Å². The van der Waals surface area contributed by atoms with Gasteiger partial charge in [0.1, 0.15) is 5.75 Å². The number of nitrogens with one attached hydrogen (secondary N) is 1. The number of methoxy groups -OCH3 is 1. The first-order chi connectivity index (χ1) is 17.9. The zero-order chi connectivity index (χ0) is 26.3. The average molecular weight is 551 g/mol. The molecule has 1 amide bonds. The molecule has 2 N–H and O–H groups in total. The van der Waals surface area contributed by atoms with Gasteiger partial charge < -0.3 is 24.6 Å². The van der Waals surface area contributed by atoms with Gasteiger partial charge in [0.15, 0.2) is 5.76 Å². The molecule has 2 aliphatic rings. The van der Waals surface area contributed by atoms with Crippen molar-refractivity contribution in [2.45, 2.75) is 55.2 Å². The molecule has 1 aromatic carbocycles. The largest absolute Gasteiger partial charge is 0.497 e. The maximum absolute atomic E-state index is 13.1. The van der Waals surface area contributed by atoms with E-state index < -0.39 is 16.3 Å². The summed E-state index contributed by atoms with van der Waals surface area (Å²) in [4.78, 5) is 13.0. The Kier molecular flexibility index (Phi) is 9.60. The zero-order valence-electron chi connectivity index (χ0n) is 20.9. The monoisotopic (exact) mass is 550 g/mol. The number of allylic oxidation sites excluding steroid dienone is 1. The summed E-state index contributed by atoms with van der Waals surface area (Å²) < 4.78 is 44.5. The summed E-state index contributed by atoms with van der Waals surface area (Å²) in [6, 6.07) is 8.26. The van der Waals surface area contributed by atoms with Gasteiger partial charge in [-0.25, -0.2) is 8.42 Å². The number of rotatable bonds is 12. The van der Waals surface area contributed by atoms with Crippen molar-refractivity contribution in [1.29, 1.82) is 0 Å². The first-order valence-electron chi connectivity index (χ1n) is 12.5. The first kappa shape index (κ1) is 27.6. The number of hydrogen-bond acceptors (Lipinski definition) is 8. The molecular formula is C26H34N2O7S2. The number of amides is 1. The van der Waals surface area contributed by atoms with Crippen molar-refractivity contribution in [3.8, 4) is 5.75 Å². The summed E-state index contributed by atoms with van der Waals surface area (Å²) in [6.07, 6.45) is 5.79. The van der Waals surface area contributed by atoms with E-state index in [-0.39, 0.29) is 54.8 Å². The average Bonchev–Trinajstić information content (AvgIpc) is 3.63. The van der Waals surface area contributed by atoms with Crippen LogP contribution in [0.4, 0.5) is 0 Å². The van der Waals surface area contributed by atoms with Crippen LogP contribution in [0.15, 0.2) is 57.8 Å². The number of carbonyl (C=O) groups excluding carboxylic acids is 1. The molecule has 2 atom stereocenters. The molecule has 2 heterocycles. The Morgan fingerprint density at radius 2 is 1.95 bits per heavy atom. The van der Waals surface area contributed by atoms with Gasteiger partial charge in [0, 0.05) is 31.5 Å². The summed E-state index contributed by atoms with van der Waals surface area (Å²) in [5, 5.41) is 16.6. The Labute approximate surface area is 222 Å². The first-order valence-corrected chi connectivity index (χ1v) is 14.9. The van der Waals surface area contributed by atoms with Crippen molar-refractivity contribution < 1.29 is 32.5 Å². The van der Waals surface area contributed by atoms with Crippen LogP contribution < -0.4 is 10.1 Å². The molecule has 0 unspecified atom stereocenters. The van der Waals surface area contributed by atoms with Gasteiger partial charge in [0.25, 0.3) is 5.91 Å². The molecule has 4 rings (SSSR count). The fraction of sp³-hybridized carbons (Fsp3) is 0.500. The molecule has 1 aliphatic heterocycles. The third-order valence-corrected chi connectivity index (χ3v) is 9.25. The molecule has 1 saturated carbocycles. The van der Waals surface area contributed by atoms with E-state index in [9.17, 15) is 18.3 Å². The van der Waals surface area contributed by atoms with Crippen LogP contribution in [0, 0.1) is 0 Å². The van der Waals surface area contributed by atoms with Gasteiger partial charge in [-0.15, -0.1) is 0 Å². The Morgan fingerprint density at radius 1 is 1.19 bits per heavy atom. The van der Waals surface area contributed by atoms with E-state index in [1.807, 2.05) is 22.9 Å². The van der Waals surface area contributed by atoms with Crippen molar-refractivity contribution in [3.63, 3.8) is 0 Å². The maximum atomic E-state index is 13.1. The molecule has 1 aromatic heterocycles. The predicted molar refractivity (Wildman–Crippen MR) is 140 cm³/mol. The smallest absolute Gasteiger partial charge is 0.286 e. The summed E-state index contributed by atoms with van der Waals surface area (Å²) in [6.45, 7) is -0.349. The highest BCUT2D eigenvalue weighted by atomic mass is 32.2. The second kappa shape index (κ2) is 12.9. The highest BCUT2D eigenvalue weighted by Gasteiger charge is 2.31. The highest BCUT2D eigenvalue weighted by Crippen LogP contribution is 2.33. The van der Waals surface area contributed by atoms with Gasteiger partial charge in [-0.05, 0) is 65.6 Å². The van der Waals surface area contributed by atoms with Crippen LogP contribution in [0.3, 0.4) is 0 Å². The van der Waals surface area contributed by atoms with Crippen molar-refractivity contribution in [2.24, 2.45) is 0 Å². The maximum Gasteiger partial charge on any atom is 0.286 e. The number of thiophene rings is 1. The summed E-state index contributed by atoms with van der Waals surface area (Å²) in [7, 11) is -2.34. The molecule has 0 radical (unpaired) electrons. The molecule has 0 saturated heterocycles. The van der Waals surface area contributed by atoms with E-state index in [2.05, 4.69) is 5.32 Å². The van der Waals surface area contributed by atoms with Crippen molar-refractivity contribution in [2.75, 3.05) is 33.4 Å². The minimum atomic E-state index is -3.85. The van der Waals surface area contributed by atoms with E-state index in [4.69, 9.17) is 14.2 Å². The number of carbonyl (C=O) groups is 1. The van der Waals surface area contributed by atoms with E-state index in [0.29, 0.717) is 12.2 Å². The SMILES string of the molecule is COc1ccc(S(=O)(=O)N(CCO)CCO[C@H]2C[C@@H](c3ccsc3)C=C(C(=O)NC3CCCC3)O2)cc1. The molecule has 1 fully saturated rings. The number of ether oxygens (including phenoxy) is 3. The number of aliphatic hydroxyl groups excluding tert-OH is 1. The number of nitrogens with zero attached hydrogens (tertiary/aromatic N) is 1. The molecule has 0 spiro atoms. The lowest BCUT2D eigenvalue weighted by Crippen LogP contribution is -2.39. The minimum absolute atomic E-state index is 0.0191. The van der Waals surface area contributed by atoms with Crippen molar-refractivity contribution >= 4 is 27.3 Å². The summed E-state index contributed by atoms with van der Waals surface area (Å²) in [5.41, 5.74) is 1.08. The molecule has 11 heteroatoms. The van der Waals surface area contributed by atoms with Crippen LogP contribution in [0.25, 0.3) is 0 Å². The van der Waals surface area contributed by atoms with E-state index >= 15 is 0 Å². The lowest BCUT2D eigenvalue weighted by atomic mass is 9.95. The van der Waals surface area contributed by atoms with E-state index in [1.54, 1.807) is 23.5 Å². The standard InChI is InChI=1S/C26H34N2O7S2/c1-33-22-6-8-23(9-7-22)37(31,32)28(11-13-29)12-14-34-25-17-20(19-10-15-36-18-19)16-24(35-25)26(30)27-21-4-2-3-5-21/h6-10,15-16,18,20-21,25,29H,2-5,11-14,17H2,1H3,(H,27,30)/t20-,25+/m0/s1. The topological polar surface area (TPSA) is 114 Å². The number of hydrogen-bond donors (Lipinski definition) is 2. The van der Waals surface area contributed by atoms with Crippen LogP contribution >= 0.6 is 11.3 Å². The van der Waals surface area contributed by atoms with Crippen molar-refractivity contribution in [3.05, 3.63) is 58.5 Å². The third-order valence-electron chi connectivity index (χ3n) is 6.63. The zero-order valence-corrected chi connectivity index (χ0v) is 22.5. The predicted octanol–water partition coefficient (Wildman–Crippen LogP) is 3.23. The van der Waals surface area contributed by atoms with Gasteiger partial charge in [-0.3, -0.25) is 4.79 Å². The number of aliphatic hydroxyl groups is 1. The van der Waals surface area contributed by atoms with Crippen molar-refractivity contribution in [1.82, 2.24) is 9.62 Å². The van der Waals surface area contributed by atoms with E-state index in [0.717, 1.165) is 31.2 Å². The van der Waals surface area contributed by atoms with Crippen LogP contribution in [0.5, 0.6) is 5.75 Å². The van der Waals surface area contributed by atoms with Gasteiger partial charge >= 0.3 is 0 Å². The molecule has 37 heavy (non-hydrogen) atoms. The Bertz CT molecular complexity index is 1140. The Hall–Kier alpha value is -2.44. The van der Waals surface area contributed by atoms with Gasteiger partial charge in [-0.2, -0.15) is 15.6 Å². The van der Waals surface area contributed by atoms with Crippen LogP contribution in [0.1, 0.15) is 43.6 Å². The van der Waals surface area contributed by atoms with Crippen LogP contribution in [0.2, 0.25) is 0 Å². The third kappa shape index (κ3) is 7.11. The Morgan fingerprint density at radius 3 is 2.59 bits per heavy atom. The van der Waals surface area contributed by atoms with E-state index in [1.165, 1.54) is 23.5 Å². The Balaban J connectivity index is 1.41. The normalized spacial score (nSPS) is 20.5. The molecule has 202 valence electrons. The van der Waals surface area contributed by atoms with Crippen LogP contribution in [-0.2, 0) is 24.3 Å². The molecular weight excluding hydrogens is 516 g/mol. The molecule has 2 aromatic rings. The lowest BCUT2D eigenvalue weighted by molar-refractivity contribution is -0.146. The fourth-order valence-corrected chi connectivity index (χ4v) is 6.75. The quantitative estimate of drug-likeness (QED) is 0.417. The second-order valence-corrected chi connectivity index (χ2v) is 11.8. The summed E-state index contributed by atoms with van der Waals surface area (Å²) >= 11 is 1.58. The lowest BCUT2D eigenvalue weighted by Gasteiger charge is -2.30. The highest BCUT2D eigenvalue weighted by molar-refractivity contribution is 7.89.